The lowest BCUT2D eigenvalue weighted by Gasteiger charge is -2.26. The van der Waals surface area contributed by atoms with E-state index in [1.165, 1.54) is 6.92 Å². The summed E-state index contributed by atoms with van der Waals surface area (Å²) in [6.45, 7) is 5.96. The van der Waals surface area contributed by atoms with Crippen LogP contribution in [-0.2, 0) is 16.2 Å². The average molecular weight is 354 g/mol. The van der Waals surface area contributed by atoms with Crippen molar-refractivity contribution in [3.8, 4) is 5.75 Å². The fourth-order valence-electron chi connectivity index (χ4n) is 2.53. The largest absolute Gasteiger partial charge is 0.489 e. The van der Waals surface area contributed by atoms with Gasteiger partial charge in [0.1, 0.15) is 18.9 Å². The van der Waals surface area contributed by atoms with Crippen LogP contribution in [0.5, 0.6) is 5.75 Å². The predicted octanol–water partition coefficient (Wildman–Crippen LogP) is 3.85. The van der Waals surface area contributed by atoms with Crippen LogP contribution in [0.3, 0.4) is 0 Å². The lowest BCUT2D eigenvalue weighted by atomic mass is 10.2. The van der Waals surface area contributed by atoms with Crippen LogP contribution in [-0.4, -0.2) is 29.3 Å². The number of ether oxygens (including phenoxy) is 1. The SMILES string of the molecule is CCC(C)N(CC(=O)Nc1ccc(OCc2ccccc2)cc1)C(C)=O. The number of carbonyl (C=O) groups excluding carboxylic acids is 2. The van der Waals surface area contributed by atoms with Gasteiger partial charge in [-0.05, 0) is 43.2 Å². The molecule has 0 bridgehead atoms. The first-order valence-electron chi connectivity index (χ1n) is 8.83. The van der Waals surface area contributed by atoms with Gasteiger partial charge in [0.05, 0.1) is 0 Å². The monoisotopic (exact) mass is 354 g/mol. The Balaban J connectivity index is 1.87. The first-order valence-corrected chi connectivity index (χ1v) is 8.83. The van der Waals surface area contributed by atoms with Gasteiger partial charge in [-0.15, -0.1) is 0 Å². The van der Waals surface area contributed by atoms with E-state index in [0.29, 0.717) is 12.3 Å². The molecule has 0 fully saturated rings. The van der Waals surface area contributed by atoms with Crippen LogP contribution >= 0.6 is 0 Å². The number of anilines is 1. The van der Waals surface area contributed by atoms with Gasteiger partial charge in [0.2, 0.25) is 11.8 Å². The van der Waals surface area contributed by atoms with E-state index in [1.807, 2.05) is 56.3 Å². The minimum Gasteiger partial charge on any atom is -0.489 e. The van der Waals surface area contributed by atoms with Crippen molar-refractivity contribution in [3.63, 3.8) is 0 Å². The molecular weight excluding hydrogens is 328 g/mol. The standard InChI is InChI=1S/C21H26N2O3/c1-4-16(2)23(17(3)24)14-21(25)22-19-10-12-20(13-11-19)26-15-18-8-6-5-7-9-18/h5-13,16H,4,14-15H2,1-3H3,(H,22,25). The molecule has 0 aliphatic carbocycles. The molecule has 1 N–H and O–H groups in total. The van der Waals surface area contributed by atoms with E-state index < -0.39 is 0 Å². The average Bonchev–Trinajstić information content (AvgIpc) is 2.65. The fraction of sp³-hybridized carbons (Fsp3) is 0.333. The highest BCUT2D eigenvalue weighted by molar-refractivity contribution is 5.94. The normalized spacial score (nSPS) is 11.5. The van der Waals surface area contributed by atoms with Crippen molar-refractivity contribution in [2.45, 2.75) is 39.8 Å². The summed E-state index contributed by atoms with van der Waals surface area (Å²) in [7, 11) is 0. The summed E-state index contributed by atoms with van der Waals surface area (Å²) >= 11 is 0. The zero-order valence-corrected chi connectivity index (χ0v) is 15.6. The van der Waals surface area contributed by atoms with E-state index in [2.05, 4.69) is 5.32 Å². The van der Waals surface area contributed by atoms with Crippen LogP contribution in [0.15, 0.2) is 54.6 Å². The smallest absolute Gasteiger partial charge is 0.244 e. The van der Waals surface area contributed by atoms with Crippen molar-refractivity contribution in [2.24, 2.45) is 0 Å². The Morgan fingerprint density at radius 1 is 1.08 bits per heavy atom. The molecule has 2 aromatic rings. The summed E-state index contributed by atoms with van der Waals surface area (Å²) in [6, 6.07) is 17.2. The number of rotatable bonds is 8. The molecule has 138 valence electrons. The van der Waals surface area contributed by atoms with Crippen LogP contribution < -0.4 is 10.1 Å². The maximum absolute atomic E-state index is 12.2. The summed E-state index contributed by atoms with van der Waals surface area (Å²) in [5.74, 6) is 0.425. The molecule has 2 amide bonds. The number of nitrogens with zero attached hydrogens (tertiary/aromatic N) is 1. The van der Waals surface area contributed by atoms with Gasteiger partial charge in [-0.1, -0.05) is 37.3 Å². The van der Waals surface area contributed by atoms with Crippen LogP contribution in [0.4, 0.5) is 5.69 Å². The molecule has 0 saturated heterocycles. The second-order valence-electron chi connectivity index (χ2n) is 6.25. The van der Waals surface area contributed by atoms with Gasteiger partial charge in [-0.25, -0.2) is 0 Å². The Labute approximate surface area is 155 Å². The molecule has 2 rings (SSSR count). The molecule has 0 spiro atoms. The van der Waals surface area contributed by atoms with Crippen LogP contribution in [0, 0.1) is 0 Å². The van der Waals surface area contributed by atoms with Crippen LogP contribution in [0.1, 0.15) is 32.8 Å². The van der Waals surface area contributed by atoms with Crippen LogP contribution in [0.2, 0.25) is 0 Å². The molecule has 1 atom stereocenters. The fourth-order valence-corrected chi connectivity index (χ4v) is 2.53. The maximum Gasteiger partial charge on any atom is 0.244 e. The van der Waals surface area contributed by atoms with E-state index in [0.717, 1.165) is 17.7 Å². The predicted molar refractivity (Wildman–Crippen MR) is 103 cm³/mol. The third-order valence-electron chi connectivity index (χ3n) is 4.23. The molecule has 0 aromatic heterocycles. The van der Waals surface area contributed by atoms with Crippen molar-refractivity contribution >= 4 is 17.5 Å². The summed E-state index contributed by atoms with van der Waals surface area (Å²) in [5, 5.41) is 2.82. The van der Waals surface area contributed by atoms with E-state index >= 15 is 0 Å². The minimum absolute atomic E-state index is 0.0343. The zero-order chi connectivity index (χ0) is 18.9. The molecule has 0 aliphatic rings. The second-order valence-corrected chi connectivity index (χ2v) is 6.25. The van der Waals surface area contributed by atoms with E-state index in [4.69, 9.17) is 4.74 Å². The maximum atomic E-state index is 12.2. The number of hydrogen-bond donors (Lipinski definition) is 1. The lowest BCUT2D eigenvalue weighted by molar-refractivity contribution is -0.134. The Bertz CT molecular complexity index is 714. The lowest BCUT2D eigenvalue weighted by Crippen LogP contribution is -2.42. The van der Waals surface area contributed by atoms with Gasteiger partial charge < -0.3 is 15.0 Å². The third-order valence-corrected chi connectivity index (χ3v) is 4.23. The Kier molecular flexibility index (Phi) is 7.21. The summed E-state index contributed by atoms with van der Waals surface area (Å²) in [5.41, 5.74) is 1.77. The molecule has 0 saturated carbocycles. The van der Waals surface area contributed by atoms with Gasteiger partial charge in [0.15, 0.2) is 0 Å². The molecule has 5 nitrogen and oxygen atoms in total. The Morgan fingerprint density at radius 3 is 2.31 bits per heavy atom. The van der Waals surface area contributed by atoms with Gasteiger partial charge in [-0.3, -0.25) is 9.59 Å². The van der Waals surface area contributed by atoms with Crippen molar-refractivity contribution < 1.29 is 14.3 Å². The van der Waals surface area contributed by atoms with Gasteiger partial charge in [0, 0.05) is 18.7 Å². The molecule has 0 aliphatic heterocycles. The molecule has 26 heavy (non-hydrogen) atoms. The number of hydrogen-bond acceptors (Lipinski definition) is 3. The van der Waals surface area contributed by atoms with E-state index in [9.17, 15) is 9.59 Å². The van der Waals surface area contributed by atoms with E-state index in [1.54, 1.807) is 17.0 Å². The molecule has 0 heterocycles. The molecule has 0 radical (unpaired) electrons. The molecule has 2 aromatic carbocycles. The van der Waals surface area contributed by atoms with Crippen molar-refractivity contribution in [3.05, 3.63) is 60.2 Å². The first-order chi connectivity index (χ1) is 12.5. The highest BCUT2D eigenvalue weighted by atomic mass is 16.5. The van der Waals surface area contributed by atoms with Gasteiger partial charge in [0.25, 0.3) is 0 Å². The summed E-state index contributed by atoms with van der Waals surface area (Å²) < 4.78 is 5.73. The number of benzene rings is 2. The topological polar surface area (TPSA) is 58.6 Å². The third kappa shape index (κ3) is 5.92. The number of nitrogens with one attached hydrogen (secondary N) is 1. The van der Waals surface area contributed by atoms with E-state index in [-0.39, 0.29) is 24.4 Å². The van der Waals surface area contributed by atoms with Crippen molar-refractivity contribution in [1.29, 1.82) is 0 Å². The first kappa shape index (κ1) is 19.5. The highest BCUT2D eigenvalue weighted by Crippen LogP contribution is 2.17. The van der Waals surface area contributed by atoms with Crippen LogP contribution in [0.25, 0.3) is 0 Å². The van der Waals surface area contributed by atoms with Gasteiger partial charge in [-0.2, -0.15) is 0 Å². The quantitative estimate of drug-likeness (QED) is 0.783. The molecule has 1 unspecified atom stereocenters. The number of carbonyl (C=O) groups is 2. The second kappa shape index (κ2) is 9.61. The number of amides is 2. The zero-order valence-electron chi connectivity index (χ0n) is 15.6. The molecule has 5 heteroatoms. The molecular formula is C21H26N2O3. The van der Waals surface area contributed by atoms with Crippen molar-refractivity contribution in [2.75, 3.05) is 11.9 Å². The minimum atomic E-state index is -0.210. The summed E-state index contributed by atoms with van der Waals surface area (Å²) in [6.07, 6.45) is 0.806. The van der Waals surface area contributed by atoms with Gasteiger partial charge >= 0.3 is 0 Å². The highest BCUT2D eigenvalue weighted by Gasteiger charge is 2.18. The Morgan fingerprint density at radius 2 is 1.73 bits per heavy atom. The summed E-state index contributed by atoms with van der Waals surface area (Å²) in [4.78, 5) is 25.5. The van der Waals surface area contributed by atoms with Crippen molar-refractivity contribution in [1.82, 2.24) is 4.90 Å². The Hall–Kier alpha value is -2.82.